The van der Waals surface area contributed by atoms with Crippen LogP contribution in [0.25, 0.3) is 0 Å². The van der Waals surface area contributed by atoms with Crippen molar-refractivity contribution in [1.29, 1.82) is 0 Å². The predicted octanol–water partition coefficient (Wildman–Crippen LogP) is 2.38. The lowest BCUT2D eigenvalue weighted by molar-refractivity contribution is -0.133. The van der Waals surface area contributed by atoms with Gasteiger partial charge in [-0.2, -0.15) is 0 Å². The van der Waals surface area contributed by atoms with Crippen molar-refractivity contribution in [3.63, 3.8) is 0 Å². The molecule has 0 saturated heterocycles. The molecule has 0 bridgehead atoms. The smallest absolute Gasteiger partial charge is 0.384 e. The molecule has 0 atom stereocenters. The summed E-state index contributed by atoms with van der Waals surface area (Å²) in [5.41, 5.74) is 0.576. The van der Waals surface area contributed by atoms with Crippen LogP contribution < -0.4 is 0 Å². The lowest BCUT2D eigenvalue weighted by Crippen LogP contribution is -1.94. The SMILES string of the molecule is CC.COC(=O)C#Cc1ccc(F)cc1. The Balaban J connectivity index is 0.000000921. The first-order valence-corrected chi connectivity index (χ1v) is 4.58. The van der Waals surface area contributed by atoms with Crippen LogP contribution in [0.5, 0.6) is 0 Å². The van der Waals surface area contributed by atoms with Crippen molar-refractivity contribution in [2.75, 3.05) is 7.11 Å². The number of hydrogen-bond acceptors (Lipinski definition) is 2. The highest BCUT2D eigenvalue weighted by Gasteiger charge is 1.91. The first-order valence-electron chi connectivity index (χ1n) is 4.58. The highest BCUT2D eigenvalue weighted by molar-refractivity contribution is 5.88. The molecule has 3 heteroatoms. The number of carbonyl (C=O) groups is 1. The molecule has 1 rings (SSSR count). The topological polar surface area (TPSA) is 26.3 Å². The van der Waals surface area contributed by atoms with Gasteiger partial charge in [0.25, 0.3) is 0 Å². The van der Waals surface area contributed by atoms with E-state index in [9.17, 15) is 9.18 Å². The molecule has 0 radical (unpaired) electrons. The summed E-state index contributed by atoms with van der Waals surface area (Å²) >= 11 is 0. The Bertz CT molecular complexity index is 357. The molecule has 0 heterocycles. The molecule has 0 N–H and O–H groups in total. The van der Waals surface area contributed by atoms with Crippen LogP contribution in [-0.2, 0) is 9.53 Å². The van der Waals surface area contributed by atoms with Crippen molar-refractivity contribution in [3.05, 3.63) is 35.6 Å². The zero-order chi connectivity index (χ0) is 11.7. The molecule has 0 unspecified atom stereocenters. The quantitative estimate of drug-likeness (QED) is 0.483. The number of carbonyl (C=O) groups excluding carboxylic acids is 1. The van der Waals surface area contributed by atoms with Crippen molar-refractivity contribution >= 4 is 5.97 Å². The zero-order valence-corrected chi connectivity index (χ0v) is 9.00. The van der Waals surface area contributed by atoms with E-state index >= 15 is 0 Å². The minimum atomic E-state index is -0.607. The van der Waals surface area contributed by atoms with Crippen molar-refractivity contribution < 1.29 is 13.9 Å². The van der Waals surface area contributed by atoms with E-state index in [-0.39, 0.29) is 5.82 Å². The molecule has 0 spiro atoms. The average molecular weight is 208 g/mol. The fourth-order valence-corrected chi connectivity index (χ4v) is 0.707. The number of methoxy groups -OCH3 is 1. The number of halogens is 1. The van der Waals surface area contributed by atoms with Crippen molar-refractivity contribution in [2.45, 2.75) is 13.8 Å². The zero-order valence-electron chi connectivity index (χ0n) is 9.00. The molecular formula is C12H13FO2. The molecule has 1 aromatic rings. The van der Waals surface area contributed by atoms with E-state index in [0.29, 0.717) is 5.56 Å². The van der Waals surface area contributed by atoms with Gasteiger partial charge in [0.2, 0.25) is 0 Å². The van der Waals surface area contributed by atoms with Crippen molar-refractivity contribution in [1.82, 2.24) is 0 Å². The summed E-state index contributed by atoms with van der Waals surface area (Å²) in [5.74, 6) is 3.83. The average Bonchev–Trinajstić information content (AvgIpc) is 2.30. The summed E-state index contributed by atoms with van der Waals surface area (Å²) in [4.78, 5) is 10.6. The molecule has 0 fully saturated rings. The van der Waals surface area contributed by atoms with Crippen molar-refractivity contribution in [2.24, 2.45) is 0 Å². The number of benzene rings is 1. The third-order valence-electron chi connectivity index (χ3n) is 1.34. The maximum absolute atomic E-state index is 12.4. The van der Waals surface area contributed by atoms with E-state index in [2.05, 4.69) is 16.6 Å². The highest BCUT2D eigenvalue weighted by atomic mass is 19.1. The molecule has 0 aromatic heterocycles. The molecule has 0 amide bonds. The maximum Gasteiger partial charge on any atom is 0.384 e. The van der Waals surface area contributed by atoms with Crippen LogP contribution in [0, 0.1) is 17.7 Å². The predicted molar refractivity (Wildman–Crippen MR) is 56.6 cm³/mol. The summed E-state index contributed by atoms with van der Waals surface area (Å²) in [6, 6.07) is 5.54. The molecule has 80 valence electrons. The third kappa shape index (κ3) is 5.48. The molecule has 0 saturated carbocycles. The molecule has 2 nitrogen and oxygen atoms in total. The van der Waals surface area contributed by atoms with E-state index in [1.54, 1.807) is 0 Å². The monoisotopic (exact) mass is 208 g/mol. The van der Waals surface area contributed by atoms with Crippen LogP contribution in [0.3, 0.4) is 0 Å². The molecule has 0 aliphatic heterocycles. The largest absolute Gasteiger partial charge is 0.459 e. The van der Waals surface area contributed by atoms with Crippen LogP contribution in [-0.4, -0.2) is 13.1 Å². The van der Waals surface area contributed by atoms with Gasteiger partial charge in [0.15, 0.2) is 0 Å². The van der Waals surface area contributed by atoms with Crippen LogP contribution in [0.4, 0.5) is 4.39 Å². The number of esters is 1. The Morgan fingerprint density at radius 3 is 2.27 bits per heavy atom. The van der Waals surface area contributed by atoms with Gasteiger partial charge >= 0.3 is 5.97 Å². The van der Waals surface area contributed by atoms with Gasteiger partial charge in [0.1, 0.15) is 5.82 Å². The second-order valence-corrected chi connectivity index (χ2v) is 2.25. The summed E-state index contributed by atoms with van der Waals surface area (Å²) in [6.45, 7) is 4.00. The van der Waals surface area contributed by atoms with E-state index in [0.717, 1.165) is 0 Å². The van der Waals surface area contributed by atoms with Gasteiger partial charge in [-0.15, -0.1) is 0 Å². The molecule has 15 heavy (non-hydrogen) atoms. The van der Waals surface area contributed by atoms with Crippen LogP contribution in [0.2, 0.25) is 0 Å². The first-order chi connectivity index (χ1) is 7.22. The van der Waals surface area contributed by atoms with Crippen LogP contribution >= 0.6 is 0 Å². The van der Waals surface area contributed by atoms with Gasteiger partial charge in [-0.1, -0.05) is 19.8 Å². The Morgan fingerprint density at radius 2 is 1.80 bits per heavy atom. The standard InChI is InChI=1S/C10H7FO2.C2H6/c1-13-10(12)7-4-8-2-5-9(11)6-3-8;1-2/h2-3,5-6H,1H3;1-2H3. The second-order valence-electron chi connectivity index (χ2n) is 2.25. The minimum Gasteiger partial charge on any atom is -0.459 e. The second kappa shape index (κ2) is 7.57. The molecule has 0 aliphatic carbocycles. The van der Waals surface area contributed by atoms with E-state index < -0.39 is 5.97 Å². The molecular weight excluding hydrogens is 195 g/mol. The maximum atomic E-state index is 12.4. The van der Waals surface area contributed by atoms with Gasteiger partial charge in [-0.25, -0.2) is 9.18 Å². The van der Waals surface area contributed by atoms with E-state index in [1.807, 2.05) is 13.8 Å². The lowest BCUT2D eigenvalue weighted by Gasteiger charge is -1.88. The first kappa shape index (κ1) is 13.2. The van der Waals surface area contributed by atoms with Crippen LogP contribution in [0.1, 0.15) is 19.4 Å². The van der Waals surface area contributed by atoms with Crippen molar-refractivity contribution in [3.8, 4) is 11.8 Å². The normalized spacial score (nSPS) is 7.73. The summed E-state index contributed by atoms with van der Waals surface area (Å²) < 4.78 is 16.7. The number of hydrogen-bond donors (Lipinski definition) is 0. The number of rotatable bonds is 0. The Kier molecular flexibility index (Phi) is 6.65. The lowest BCUT2D eigenvalue weighted by atomic mass is 10.2. The fourth-order valence-electron chi connectivity index (χ4n) is 0.707. The van der Waals surface area contributed by atoms with Gasteiger partial charge in [-0.05, 0) is 24.3 Å². The molecule has 1 aromatic carbocycles. The Labute approximate surface area is 89.1 Å². The Hall–Kier alpha value is -1.82. The van der Waals surface area contributed by atoms with Gasteiger partial charge < -0.3 is 4.74 Å². The van der Waals surface area contributed by atoms with E-state index in [4.69, 9.17) is 0 Å². The van der Waals surface area contributed by atoms with Gasteiger partial charge in [0.05, 0.1) is 7.11 Å². The number of ether oxygens (including phenoxy) is 1. The van der Waals surface area contributed by atoms with Gasteiger partial charge in [0, 0.05) is 11.5 Å². The molecule has 0 aliphatic rings. The summed E-state index contributed by atoms with van der Waals surface area (Å²) in [7, 11) is 1.25. The van der Waals surface area contributed by atoms with Gasteiger partial charge in [-0.3, -0.25) is 0 Å². The van der Waals surface area contributed by atoms with E-state index in [1.165, 1.54) is 31.4 Å². The third-order valence-corrected chi connectivity index (χ3v) is 1.34. The Morgan fingerprint density at radius 1 is 1.27 bits per heavy atom. The summed E-state index contributed by atoms with van der Waals surface area (Å²) in [5, 5.41) is 0. The minimum absolute atomic E-state index is 0.330. The highest BCUT2D eigenvalue weighted by Crippen LogP contribution is 2.00. The summed E-state index contributed by atoms with van der Waals surface area (Å²) in [6.07, 6.45) is 0. The fraction of sp³-hybridized carbons (Fsp3) is 0.250. The van der Waals surface area contributed by atoms with Crippen LogP contribution in [0.15, 0.2) is 24.3 Å².